The van der Waals surface area contributed by atoms with Crippen molar-refractivity contribution in [2.45, 2.75) is 26.1 Å². The van der Waals surface area contributed by atoms with Crippen molar-refractivity contribution in [3.8, 4) is 11.4 Å². The number of halogens is 3. The van der Waals surface area contributed by atoms with Crippen LogP contribution in [0.5, 0.6) is 0 Å². The van der Waals surface area contributed by atoms with Gasteiger partial charge in [-0.25, -0.2) is 14.8 Å². The van der Waals surface area contributed by atoms with Crippen molar-refractivity contribution in [2.24, 2.45) is 7.05 Å². The standard InChI is InChI=1S/C22H22F3N7O3/c1-12-6-13(2)8-14(7-12)28-21-27-5-4-16(29-21)17-9-18(31(3)30-17)19(33)32(15-10-26-11-15)35-20(34)22(23,24)25/h4-9,15,26H,10-11H2,1-3H3,(H,27,28,29). The van der Waals surface area contributed by atoms with Crippen molar-refractivity contribution in [1.29, 1.82) is 0 Å². The summed E-state index contributed by atoms with van der Waals surface area (Å²) in [5.74, 6) is -3.11. The van der Waals surface area contributed by atoms with Crippen LogP contribution in [0.4, 0.5) is 24.8 Å². The largest absolute Gasteiger partial charge is 0.493 e. The summed E-state index contributed by atoms with van der Waals surface area (Å²) >= 11 is 0. The number of hydrogen-bond donors (Lipinski definition) is 2. The number of benzene rings is 1. The molecule has 0 unspecified atom stereocenters. The van der Waals surface area contributed by atoms with E-state index < -0.39 is 24.1 Å². The Balaban J connectivity index is 1.58. The number of hydroxylamine groups is 2. The molecule has 0 radical (unpaired) electrons. The summed E-state index contributed by atoms with van der Waals surface area (Å²) in [6.07, 6.45) is -3.73. The predicted octanol–water partition coefficient (Wildman–Crippen LogP) is 2.67. The van der Waals surface area contributed by atoms with E-state index in [1.807, 2.05) is 32.0 Å². The maximum Gasteiger partial charge on any atom is 0.493 e. The highest BCUT2D eigenvalue weighted by Gasteiger charge is 2.45. The molecule has 4 rings (SSSR count). The van der Waals surface area contributed by atoms with E-state index >= 15 is 0 Å². The second-order valence-corrected chi connectivity index (χ2v) is 8.12. The minimum Gasteiger partial charge on any atom is -0.329 e. The topological polar surface area (TPSA) is 114 Å². The third-order valence-corrected chi connectivity index (χ3v) is 5.20. The van der Waals surface area contributed by atoms with Gasteiger partial charge in [0.2, 0.25) is 5.95 Å². The molecule has 35 heavy (non-hydrogen) atoms. The highest BCUT2D eigenvalue weighted by molar-refractivity contribution is 5.94. The quantitative estimate of drug-likeness (QED) is 0.526. The molecule has 0 bridgehead atoms. The molecule has 10 nitrogen and oxygen atoms in total. The third kappa shape index (κ3) is 5.40. The van der Waals surface area contributed by atoms with Crippen LogP contribution < -0.4 is 10.6 Å². The number of hydrogen-bond acceptors (Lipinski definition) is 8. The molecule has 1 aromatic carbocycles. The van der Waals surface area contributed by atoms with Crippen LogP contribution >= 0.6 is 0 Å². The molecule has 0 saturated carbocycles. The van der Waals surface area contributed by atoms with E-state index in [4.69, 9.17) is 0 Å². The molecule has 1 fully saturated rings. The first-order chi connectivity index (χ1) is 16.5. The Hall–Kier alpha value is -4.00. The van der Waals surface area contributed by atoms with Gasteiger partial charge in [-0.1, -0.05) is 6.07 Å². The summed E-state index contributed by atoms with van der Waals surface area (Å²) in [6, 6.07) is 8.12. The average molecular weight is 489 g/mol. The van der Waals surface area contributed by atoms with Gasteiger partial charge in [-0.3, -0.25) is 9.48 Å². The molecule has 0 aliphatic carbocycles. The van der Waals surface area contributed by atoms with E-state index in [2.05, 4.69) is 30.5 Å². The molecule has 2 N–H and O–H groups in total. The lowest BCUT2D eigenvalue weighted by Gasteiger charge is -2.35. The summed E-state index contributed by atoms with van der Waals surface area (Å²) in [6.45, 7) is 4.30. The van der Waals surface area contributed by atoms with Crippen LogP contribution in [0.3, 0.4) is 0 Å². The Morgan fingerprint density at radius 2 is 1.83 bits per heavy atom. The molecule has 2 aromatic heterocycles. The van der Waals surface area contributed by atoms with E-state index in [-0.39, 0.29) is 24.5 Å². The van der Waals surface area contributed by atoms with Crippen LogP contribution in [-0.2, 0) is 16.7 Å². The zero-order valence-electron chi connectivity index (χ0n) is 19.1. The van der Waals surface area contributed by atoms with E-state index in [0.717, 1.165) is 16.8 Å². The average Bonchev–Trinajstić information content (AvgIpc) is 3.12. The number of nitrogens with one attached hydrogen (secondary N) is 2. The monoisotopic (exact) mass is 489 g/mol. The Labute approximate surface area is 198 Å². The normalized spacial score (nSPS) is 13.8. The van der Waals surface area contributed by atoms with Gasteiger partial charge < -0.3 is 15.5 Å². The highest BCUT2D eigenvalue weighted by Crippen LogP contribution is 2.24. The number of rotatable bonds is 5. The lowest BCUT2D eigenvalue weighted by Crippen LogP contribution is -2.60. The van der Waals surface area contributed by atoms with Gasteiger partial charge in [-0.15, -0.1) is 0 Å². The summed E-state index contributed by atoms with van der Waals surface area (Å²) < 4.78 is 39.4. The van der Waals surface area contributed by atoms with Crippen LogP contribution in [0.2, 0.25) is 0 Å². The molecule has 1 saturated heterocycles. The predicted molar refractivity (Wildman–Crippen MR) is 118 cm³/mol. The van der Waals surface area contributed by atoms with Gasteiger partial charge in [-0.05, 0) is 49.2 Å². The molecule has 3 heterocycles. The minimum absolute atomic E-state index is 0.0793. The zero-order chi connectivity index (χ0) is 25.3. The Morgan fingerprint density at radius 3 is 2.43 bits per heavy atom. The minimum atomic E-state index is -5.24. The van der Waals surface area contributed by atoms with Crippen LogP contribution in [0, 0.1) is 13.8 Å². The molecule has 1 aliphatic heterocycles. The number of carbonyl (C=O) groups excluding carboxylic acids is 2. The second-order valence-electron chi connectivity index (χ2n) is 8.12. The van der Waals surface area contributed by atoms with E-state index in [1.165, 1.54) is 24.0 Å². The number of carbonyl (C=O) groups is 2. The lowest BCUT2D eigenvalue weighted by atomic mass is 10.1. The Bertz CT molecular complexity index is 1250. The Kier molecular flexibility index (Phi) is 6.43. The van der Waals surface area contributed by atoms with Gasteiger partial charge in [0.05, 0.1) is 11.7 Å². The molecular weight excluding hydrogens is 467 g/mol. The molecule has 184 valence electrons. The maximum absolute atomic E-state index is 13.0. The second kappa shape index (κ2) is 9.33. The van der Waals surface area contributed by atoms with Crippen LogP contribution in [-0.4, -0.2) is 62.0 Å². The van der Waals surface area contributed by atoms with Crippen molar-refractivity contribution in [3.63, 3.8) is 0 Å². The number of anilines is 2. The zero-order valence-corrected chi connectivity index (χ0v) is 19.1. The first-order valence-electron chi connectivity index (χ1n) is 10.6. The third-order valence-electron chi connectivity index (χ3n) is 5.20. The van der Waals surface area contributed by atoms with Crippen molar-refractivity contribution in [1.82, 2.24) is 30.1 Å². The fourth-order valence-electron chi connectivity index (χ4n) is 3.51. The highest BCUT2D eigenvalue weighted by atomic mass is 19.4. The van der Waals surface area contributed by atoms with Crippen molar-refractivity contribution < 1.29 is 27.6 Å². The summed E-state index contributed by atoms with van der Waals surface area (Å²) in [5.41, 5.74) is 3.52. The van der Waals surface area contributed by atoms with Gasteiger partial charge in [-0.2, -0.15) is 23.3 Å². The maximum atomic E-state index is 13.0. The lowest BCUT2D eigenvalue weighted by molar-refractivity contribution is -0.236. The molecular formula is C22H22F3N7O3. The van der Waals surface area contributed by atoms with Crippen LogP contribution in [0.25, 0.3) is 11.4 Å². The molecule has 0 spiro atoms. The fourth-order valence-corrected chi connectivity index (χ4v) is 3.51. The smallest absolute Gasteiger partial charge is 0.329 e. The summed E-state index contributed by atoms with van der Waals surface area (Å²) in [5, 5.41) is 10.7. The van der Waals surface area contributed by atoms with Gasteiger partial charge >= 0.3 is 18.1 Å². The Morgan fingerprint density at radius 1 is 1.14 bits per heavy atom. The van der Waals surface area contributed by atoms with E-state index in [9.17, 15) is 22.8 Å². The molecule has 1 aliphatic rings. The van der Waals surface area contributed by atoms with Gasteiger partial charge in [0.25, 0.3) is 0 Å². The van der Waals surface area contributed by atoms with E-state index in [1.54, 1.807) is 6.07 Å². The number of alkyl halides is 3. The van der Waals surface area contributed by atoms with Crippen LogP contribution in [0.15, 0.2) is 36.5 Å². The summed E-state index contributed by atoms with van der Waals surface area (Å²) in [4.78, 5) is 37.5. The van der Waals surface area contributed by atoms with Crippen molar-refractivity contribution in [2.75, 3.05) is 18.4 Å². The summed E-state index contributed by atoms with van der Waals surface area (Å²) in [7, 11) is 1.45. The first kappa shape index (κ1) is 24.1. The molecule has 13 heteroatoms. The van der Waals surface area contributed by atoms with Crippen molar-refractivity contribution in [3.05, 3.63) is 53.3 Å². The number of aromatic nitrogens is 4. The SMILES string of the molecule is Cc1cc(C)cc(Nc2nccc(-c3cc(C(=O)N(OC(=O)C(F)(F)F)C4CNC4)n(C)n3)n2)c1. The molecule has 3 aromatic rings. The molecule has 1 amide bonds. The van der Waals surface area contributed by atoms with Crippen LogP contribution in [0.1, 0.15) is 21.6 Å². The van der Waals surface area contributed by atoms with Crippen molar-refractivity contribution >= 4 is 23.5 Å². The van der Waals surface area contributed by atoms with Gasteiger partial charge in [0.15, 0.2) is 0 Å². The number of amides is 1. The van der Waals surface area contributed by atoms with Gasteiger partial charge in [0.1, 0.15) is 11.4 Å². The van der Waals surface area contributed by atoms with Gasteiger partial charge in [0, 0.05) is 32.0 Å². The number of nitrogens with zero attached hydrogens (tertiary/aromatic N) is 5. The first-order valence-corrected chi connectivity index (χ1v) is 10.6. The number of aryl methyl sites for hydroxylation is 3. The fraction of sp³-hybridized carbons (Fsp3) is 0.318. The molecule has 0 atom stereocenters. The van der Waals surface area contributed by atoms with E-state index in [0.29, 0.717) is 16.7 Å².